The van der Waals surface area contributed by atoms with Crippen LogP contribution >= 0.6 is 0 Å². The van der Waals surface area contributed by atoms with Crippen LogP contribution in [-0.2, 0) is 52.4 Å². The monoisotopic (exact) mass is 518 g/mol. The van der Waals surface area contributed by atoms with Gasteiger partial charge in [-0.25, -0.2) is 4.79 Å². The van der Waals surface area contributed by atoms with Gasteiger partial charge in [0.25, 0.3) is 5.79 Å². The Morgan fingerprint density at radius 2 is 1.64 bits per heavy atom. The molecule has 2 N–H and O–H groups in total. The van der Waals surface area contributed by atoms with Crippen LogP contribution in [0.4, 0.5) is 0 Å². The summed E-state index contributed by atoms with van der Waals surface area (Å²) in [5.41, 5.74) is 0. The number of nitrogens with zero attached hydrogens (tertiary/aromatic N) is 1. The van der Waals surface area contributed by atoms with Crippen LogP contribution in [0.15, 0.2) is 0 Å². The largest absolute Gasteiger partial charge is 0.465 e. The third kappa shape index (κ3) is 7.85. The molecule has 0 radical (unpaired) electrons. The molecular formula is C22H34N2O12. The molecule has 2 aliphatic rings. The molecular weight excluding hydrogens is 484 g/mol. The fourth-order valence-electron chi connectivity index (χ4n) is 4.37. The Balaban J connectivity index is 2.61. The number of amides is 1. The van der Waals surface area contributed by atoms with Crippen molar-refractivity contribution in [3.63, 3.8) is 0 Å². The second-order valence-electron chi connectivity index (χ2n) is 8.53. The predicted molar refractivity (Wildman–Crippen MR) is 118 cm³/mol. The number of hydrogen-bond acceptors (Lipinski definition) is 13. The Morgan fingerprint density at radius 3 is 2.14 bits per heavy atom. The molecule has 14 nitrogen and oxygen atoms in total. The minimum absolute atomic E-state index is 0.296. The summed E-state index contributed by atoms with van der Waals surface area (Å²) in [6, 6.07) is -1.68. The summed E-state index contributed by atoms with van der Waals surface area (Å²) >= 11 is 0. The Kier molecular flexibility index (Phi) is 10.6. The highest BCUT2D eigenvalue weighted by molar-refractivity contribution is 5.78. The quantitative estimate of drug-likeness (QED) is 0.260. The zero-order valence-corrected chi connectivity index (χ0v) is 21.0. The molecule has 0 unspecified atom stereocenters. The Hall–Kier alpha value is -2.81. The Labute approximate surface area is 208 Å². The van der Waals surface area contributed by atoms with Crippen molar-refractivity contribution in [3.8, 4) is 0 Å². The van der Waals surface area contributed by atoms with Gasteiger partial charge in [0.2, 0.25) is 5.91 Å². The molecule has 2 rings (SSSR count). The highest BCUT2D eigenvalue weighted by Gasteiger charge is 2.57. The number of ether oxygens (including phenoxy) is 6. The highest BCUT2D eigenvalue weighted by Crippen LogP contribution is 2.35. The summed E-state index contributed by atoms with van der Waals surface area (Å²) in [4.78, 5) is 62.2. The van der Waals surface area contributed by atoms with Crippen molar-refractivity contribution in [3.05, 3.63) is 0 Å². The maximum Gasteiger partial charge on any atom is 0.366 e. The Bertz CT molecular complexity index is 830. The zero-order chi connectivity index (χ0) is 27.0. The second-order valence-corrected chi connectivity index (χ2v) is 8.53. The lowest BCUT2D eigenvalue weighted by atomic mass is 9.85. The summed E-state index contributed by atoms with van der Waals surface area (Å²) in [5, 5.41) is 14.0. The molecule has 204 valence electrons. The van der Waals surface area contributed by atoms with Gasteiger partial charge in [-0.15, -0.1) is 0 Å². The number of esters is 4. The van der Waals surface area contributed by atoms with Crippen LogP contribution in [0.2, 0.25) is 0 Å². The minimum Gasteiger partial charge on any atom is -0.465 e. The van der Waals surface area contributed by atoms with Gasteiger partial charge >= 0.3 is 23.9 Å². The molecule has 0 aliphatic carbocycles. The van der Waals surface area contributed by atoms with Gasteiger partial charge in [0.05, 0.1) is 26.4 Å². The summed E-state index contributed by atoms with van der Waals surface area (Å²) < 4.78 is 31.7. The summed E-state index contributed by atoms with van der Waals surface area (Å²) in [6.07, 6.45) is -4.65. The van der Waals surface area contributed by atoms with E-state index < -0.39 is 72.6 Å². The van der Waals surface area contributed by atoms with E-state index in [2.05, 4.69) is 5.32 Å². The number of carbonyl (C=O) groups excluding carboxylic acids is 5. The summed E-state index contributed by atoms with van der Waals surface area (Å²) in [7, 11) is 1.06. The van der Waals surface area contributed by atoms with Crippen LogP contribution in [-0.4, -0.2) is 116 Å². The molecule has 2 heterocycles. The number of methoxy groups -OCH3 is 1. The number of carbonyl (C=O) groups is 5. The van der Waals surface area contributed by atoms with Crippen molar-refractivity contribution in [1.29, 1.82) is 0 Å². The van der Waals surface area contributed by atoms with Gasteiger partial charge in [0.15, 0.2) is 12.2 Å². The van der Waals surface area contributed by atoms with E-state index in [-0.39, 0.29) is 6.42 Å². The number of nitrogens with one attached hydrogen (secondary N) is 1. The van der Waals surface area contributed by atoms with E-state index in [9.17, 15) is 29.1 Å². The van der Waals surface area contributed by atoms with E-state index in [1.807, 2.05) is 4.90 Å². The van der Waals surface area contributed by atoms with Crippen molar-refractivity contribution in [1.82, 2.24) is 10.2 Å². The second kappa shape index (κ2) is 12.9. The SMILES string of the molecule is COC(=O)[C@@]1(O)C[C@H](N2CCOCC2)[C@@H](NC(C)=O)[C@H]([C@H](OC(C)=O)[C@@H](COC(C)=O)OC(C)=O)O1. The topological polar surface area (TPSA) is 176 Å². The van der Waals surface area contributed by atoms with Gasteiger partial charge in [-0.3, -0.25) is 24.1 Å². The molecule has 0 aromatic heterocycles. The molecule has 0 aromatic rings. The zero-order valence-electron chi connectivity index (χ0n) is 21.0. The van der Waals surface area contributed by atoms with E-state index in [0.29, 0.717) is 26.3 Å². The van der Waals surface area contributed by atoms with Crippen molar-refractivity contribution < 1.29 is 57.5 Å². The van der Waals surface area contributed by atoms with Crippen LogP contribution in [0, 0.1) is 0 Å². The molecule has 36 heavy (non-hydrogen) atoms. The maximum absolute atomic E-state index is 12.6. The van der Waals surface area contributed by atoms with E-state index in [1.54, 1.807) is 0 Å². The molecule has 14 heteroatoms. The first-order valence-electron chi connectivity index (χ1n) is 11.4. The molecule has 0 aromatic carbocycles. The normalized spacial score (nSPS) is 28.2. The smallest absolute Gasteiger partial charge is 0.366 e. The average molecular weight is 519 g/mol. The number of hydrogen-bond donors (Lipinski definition) is 2. The van der Waals surface area contributed by atoms with E-state index in [4.69, 9.17) is 28.4 Å². The number of rotatable bonds is 9. The van der Waals surface area contributed by atoms with E-state index in [0.717, 1.165) is 27.9 Å². The molecule has 2 saturated heterocycles. The molecule has 0 spiro atoms. The van der Waals surface area contributed by atoms with Crippen molar-refractivity contribution in [2.75, 3.05) is 40.0 Å². The third-order valence-corrected chi connectivity index (χ3v) is 5.73. The fraction of sp³-hybridized carbons (Fsp3) is 0.773. The van der Waals surface area contributed by atoms with Crippen LogP contribution < -0.4 is 5.32 Å². The number of aliphatic hydroxyl groups is 1. The predicted octanol–water partition coefficient (Wildman–Crippen LogP) is -1.73. The first kappa shape index (κ1) is 29.4. The molecule has 0 saturated carbocycles. The first-order chi connectivity index (χ1) is 16.9. The van der Waals surface area contributed by atoms with Gasteiger partial charge < -0.3 is 38.8 Å². The molecule has 1 amide bonds. The van der Waals surface area contributed by atoms with Crippen LogP contribution in [0.5, 0.6) is 0 Å². The average Bonchev–Trinajstić information content (AvgIpc) is 2.80. The highest BCUT2D eigenvalue weighted by atomic mass is 16.7. The molecule has 6 atom stereocenters. The Morgan fingerprint density at radius 1 is 1.03 bits per heavy atom. The van der Waals surface area contributed by atoms with Gasteiger partial charge in [0.1, 0.15) is 12.7 Å². The van der Waals surface area contributed by atoms with Gasteiger partial charge in [-0.1, -0.05) is 0 Å². The lowest BCUT2D eigenvalue weighted by molar-refractivity contribution is -0.294. The molecule has 2 fully saturated rings. The van der Waals surface area contributed by atoms with Crippen LogP contribution in [0.25, 0.3) is 0 Å². The van der Waals surface area contributed by atoms with Crippen LogP contribution in [0.1, 0.15) is 34.1 Å². The lowest BCUT2D eigenvalue weighted by Gasteiger charge is -2.51. The first-order valence-corrected chi connectivity index (χ1v) is 11.4. The lowest BCUT2D eigenvalue weighted by Crippen LogP contribution is -2.71. The molecule has 2 aliphatic heterocycles. The van der Waals surface area contributed by atoms with Crippen molar-refractivity contribution in [2.45, 2.75) is 70.3 Å². The fourth-order valence-corrected chi connectivity index (χ4v) is 4.37. The summed E-state index contributed by atoms with van der Waals surface area (Å²) in [6.45, 7) is 5.59. The van der Waals surface area contributed by atoms with Crippen molar-refractivity contribution >= 4 is 29.8 Å². The summed E-state index contributed by atoms with van der Waals surface area (Å²) in [5.74, 6) is -6.39. The van der Waals surface area contributed by atoms with E-state index in [1.165, 1.54) is 6.92 Å². The van der Waals surface area contributed by atoms with Crippen molar-refractivity contribution in [2.24, 2.45) is 0 Å². The maximum atomic E-state index is 12.6. The molecule has 0 bridgehead atoms. The van der Waals surface area contributed by atoms with Gasteiger partial charge in [0, 0.05) is 53.2 Å². The van der Waals surface area contributed by atoms with Gasteiger partial charge in [-0.2, -0.15) is 0 Å². The van der Waals surface area contributed by atoms with E-state index >= 15 is 0 Å². The third-order valence-electron chi connectivity index (χ3n) is 5.73. The van der Waals surface area contributed by atoms with Crippen LogP contribution in [0.3, 0.4) is 0 Å². The standard InChI is InChI=1S/C22H34N2O12/c1-12(25)23-18-16(24-6-8-32-9-7-24)10-22(30,21(29)31-5)36-20(18)19(35-15(4)28)17(34-14(3)27)11-33-13(2)26/h16-20,30H,6-11H2,1-5H3,(H,23,25)/t16-,17+,18+,19+,20+,22+/m0/s1. The minimum atomic E-state index is -2.50. The number of morpholine rings is 1. The van der Waals surface area contributed by atoms with Gasteiger partial charge in [-0.05, 0) is 0 Å².